The largest absolute Gasteiger partial charge is 0.486 e. The Balaban J connectivity index is 2.24. The maximum atomic E-state index is 8.74. The zero-order valence-corrected chi connectivity index (χ0v) is 8.50. The van der Waals surface area contributed by atoms with Crippen molar-refractivity contribution in [2.75, 3.05) is 13.2 Å². The molecule has 74 valence electrons. The number of hydrogen-bond acceptors (Lipinski definition) is 5. The zero-order valence-electron chi connectivity index (χ0n) is 7.69. The Morgan fingerprint density at radius 3 is 2.73 bits per heavy atom. The summed E-state index contributed by atoms with van der Waals surface area (Å²) in [5.74, 6) is 1.45. The third-order valence-electron chi connectivity index (χ3n) is 2.15. The highest BCUT2D eigenvalue weighted by Gasteiger charge is 2.14. The van der Waals surface area contributed by atoms with Gasteiger partial charge >= 0.3 is 0 Å². The number of nitrogens with zero attached hydrogens (tertiary/aromatic N) is 2. The van der Waals surface area contributed by atoms with Crippen LogP contribution in [0.3, 0.4) is 0 Å². The number of rotatable bonds is 0. The van der Waals surface area contributed by atoms with E-state index in [0.29, 0.717) is 24.0 Å². The summed E-state index contributed by atoms with van der Waals surface area (Å²) in [5, 5.41) is 9.20. The number of nitriles is 1. The van der Waals surface area contributed by atoms with Gasteiger partial charge in [-0.05, 0) is 0 Å². The number of thiazole rings is 1. The maximum Gasteiger partial charge on any atom is 0.195 e. The van der Waals surface area contributed by atoms with Crippen molar-refractivity contribution in [3.63, 3.8) is 0 Å². The van der Waals surface area contributed by atoms with Crippen molar-refractivity contribution < 1.29 is 9.47 Å². The first-order valence-electron chi connectivity index (χ1n) is 4.47. The first-order valence-corrected chi connectivity index (χ1v) is 5.29. The lowest BCUT2D eigenvalue weighted by atomic mass is 10.3. The van der Waals surface area contributed by atoms with Crippen molar-refractivity contribution in [1.29, 1.82) is 5.26 Å². The lowest BCUT2D eigenvalue weighted by molar-refractivity contribution is 0.172. The quantitative estimate of drug-likeness (QED) is 0.678. The molecule has 0 radical (unpaired) electrons. The molecular formula is C10H6N2O2S. The van der Waals surface area contributed by atoms with E-state index in [0.717, 1.165) is 16.0 Å². The van der Waals surface area contributed by atoms with Crippen LogP contribution >= 0.6 is 11.3 Å². The third-order valence-corrected chi connectivity index (χ3v) is 3.07. The molecule has 1 aromatic heterocycles. The van der Waals surface area contributed by atoms with Crippen LogP contribution in [0.15, 0.2) is 12.1 Å². The predicted molar refractivity (Wildman–Crippen MR) is 55.3 cm³/mol. The molecular weight excluding hydrogens is 212 g/mol. The van der Waals surface area contributed by atoms with E-state index in [-0.39, 0.29) is 0 Å². The molecule has 5 heteroatoms. The van der Waals surface area contributed by atoms with Crippen LogP contribution in [0.25, 0.3) is 10.2 Å². The molecule has 0 atom stereocenters. The lowest BCUT2D eigenvalue weighted by Crippen LogP contribution is -2.15. The lowest BCUT2D eigenvalue weighted by Gasteiger charge is -2.17. The number of aromatic nitrogens is 1. The Morgan fingerprint density at radius 2 is 2.00 bits per heavy atom. The molecule has 1 aliphatic heterocycles. The molecule has 0 N–H and O–H groups in total. The van der Waals surface area contributed by atoms with Crippen LogP contribution in [0.1, 0.15) is 5.01 Å². The van der Waals surface area contributed by atoms with Gasteiger partial charge in [-0.25, -0.2) is 4.98 Å². The van der Waals surface area contributed by atoms with Gasteiger partial charge < -0.3 is 9.47 Å². The van der Waals surface area contributed by atoms with Crippen molar-refractivity contribution in [3.05, 3.63) is 17.1 Å². The first kappa shape index (κ1) is 8.50. The van der Waals surface area contributed by atoms with Crippen molar-refractivity contribution in [2.24, 2.45) is 0 Å². The van der Waals surface area contributed by atoms with Gasteiger partial charge in [0.1, 0.15) is 19.3 Å². The molecule has 2 aromatic rings. The average molecular weight is 218 g/mol. The molecule has 0 bridgehead atoms. The van der Waals surface area contributed by atoms with Crippen molar-refractivity contribution in [2.45, 2.75) is 0 Å². The van der Waals surface area contributed by atoms with E-state index in [1.54, 1.807) is 0 Å². The Hall–Kier alpha value is -1.80. The van der Waals surface area contributed by atoms with Gasteiger partial charge in [0.15, 0.2) is 16.5 Å². The number of fused-ring (bicyclic) bond motifs is 2. The molecule has 0 saturated carbocycles. The fourth-order valence-electron chi connectivity index (χ4n) is 1.51. The van der Waals surface area contributed by atoms with Gasteiger partial charge in [0.25, 0.3) is 0 Å². The molecule has 1 aliphatic rings. The smallest absolute Gasteiger partial charge is 0.195 e. The summed E-state index contributed by atoms with van der Waals surface area (Å²) >= 11 is 1.36. The van der Waals surface area contributed by atoms with E-state index in [4.69, 9.17) is 14.7 Å². The van der Waals surface area contributed by atoms with E-state index in [1.165, 1.54) is 11.3 Å². The second kappa shape index (κ2) is 3.11. The fourth-order valence-corrected chi connectivity index (χ4v) is 2.29. The van der Waals surface area contributed by atoms with Crippen LogP contribution < -0.4 is 9.47 Å². The standard InChI is InChI=1S/C10H6N2O2S/c11-5-10-12-6-3-7-8(4-9(6)15-10)14-2-1-13-7/h3-4H,1-2H2. The molecule has 0 aliphatic carbocycles. The topological polar surface area (TPSA) is 55.1 Å². The Labute approximate surface area is 89.7 Å². The highest BCUT2D eigenvalue weighted by Crippen LogP contribution is 2.36. The summed E-state index contributed by atoms with van der Waals surface area (Å²) in [5.41, 5.74) is 0.792. The van der Waals surface area contributed by atoms with Gasteiger partial charge in [0.2, 0.25) is 0 Å². The Bertz CT molecular complexity index is 528. The van der Waals surface area contributed by atoms with Crippen LogP contribution in [0, 0.1) is 11.3 Å². The predicted octanol–water partition coefficient (Wildman–Crippen LogP) is 1.94. The minimum absolute atomic E-state index is 0.465. The molecule has 0 spiro atoms. The Kier molecular flexibility index (Phi) is 1.76. The van der Waals surface area contributed by atoms with E-state index in [9.17, 15) is 0 Å². The number of ether oxygens (including phenoxy) is 2. The molecule has 1 aromatic carbocycles. The van der Waals surface area contributed by atoms with Crippen LogP contribution in [-0.4, -0.2) is 18.2 Å². The molecule has 0 fully saturated rings. The van der Waals surface area contributed by atoms with E-state index >= 15 is 0 Å². The minimum atomic E-state index is 0.465. The molecule has 3 rings (SSSR count). The van der Waals surface area contributed by atoms with Gasteiger partial charge in [-0.15, -0.1) is 11.3 Å². The second-order valence-corrected chi connectivity index (χ2v) is 4.13. The highest BCUT2D eigenvalue weighted by atomic mass is 32.1. The SMILES string of the molecule is N#Cc1nc2cc3c(cc2s1)OCCO3. The van der Waals surface area contributed by atoms with E-state index < -0.39 is 0 Å². The first-order chi connectivity index (χ1) is 7.36. The fraction of sp³-hybridized carbons (Fsp3) is 0.200. The monoisotopic (exact) mass is 218 g/mol. The molecule has 4 nitrogen and oxygen atoms in total. The highest BCUT2D eigenvalue weighted by molar-refractivity contribution is 7.19. The van der Waals surface area contributed by atoms with Gasteiger partial charge in [0, 0.05) is 12.1 Å². The number of benzene rings is 1. The molecule has 0 saturated heterocycles. The Morgan fingerprint density at radius 1 is 1.27 bits per heavy atom. The van der Waals surface area contributed by atoms with Gasteiger partial charge in [-0.1, -0.05) is 0 Å². The summed E-state index contributed by atoms with van der Waals surface area (Å²) in [4.78, 5) is 4.16. The van der Waals surface area contributed by atoms with Crippen molar-refractivity contribution in [1.82, 2.24) is 4.98 Å². The molecule has 15 heavy (non-hydrogen) atoms. The average Bonchev–Trinajstić information content (AvgIpc) is 2.67. The summed E-state index contributed by atoms with van der Waals surface area (Å²) in [6.07, 6.45) is 0. The van der Waals surface area contributed by atoms with Crippen molar-refractivity contribution in [3.8, 4) is 17.6 Å². The summed E-state index contributed by atoms with van der Waals surface area (Å²) < 4.78 is 11.8. The second-order valence-electron chi connectivity index (χ2n) is 3.09. The van der Waals surface area contributed by atoms with Crippen LogP contribution in [0.2, 0.25) is 0 Å². The molecule has 0 unspecified atom stereocenters. The summed E-state index contributed by atoms with van der Waals surface area (Å²) in [6, 6.07) is 5.73. The third kappa shape index (κ3) is 1.30. The van der Waals surface area contributed by atoms with Crippen LogP contribution in [0.4, 0.5) is 0 Å². The summed E-state index contributed by atoms with van der Waals surface area (Å²) in [6.45, 7) is 1.14. The van der Waals surface area contributed by atoms with Crippen LogP contribution in [-0.2, 0) is 0 Å². The van der Waals surface area contributed by atoms with Crippen LogP contribution in [0.5, 0.6) is 11.5 Å². The van der Waals surface area contributed by atoms with E-state index in [2.05, 4.69) is 4.98 Å². The summed E-state index contributed by atoms with van der Waals surface area (Å²) in [7, 11) is 0. The normalized spacial score (nSPS) is 13.8. The van der Waals surface area contributed by atoms with Gasteiger partial charge in [-0.2, -0.15) is 5.26 Å². The van der Waals surface area contributed by atoms with Crippen molar-refractivity contribution >= 4 is 21.6 Å². The minimum Gasteiger partial charge on any atom is -0.486 e. The zero-order chi connectivity index (χ0) is 10.3. The maximum absolute atomic E-state index is 8.74. The molecule has 0 amide bonds. The molecule has 2 heterocycles. The van der Waals surface area contributed by atoms with E-state index in [1.807, 2.05) is 18.2 Å². The van der Waals surface area contributed by atoms with Gasteiger partial charge in [0.05, 0.1) is 10.2 Å². The van der Waals surface area contributed by atoms with Gasteiger partial charge in [-0.3, -0.25) is 0 Å². The number of hydrogen-bond donors (Lipinski definition) is 0.